The molecule has 0 saturated heterocycles. The van der Waals surface area contributed by atoms with Gasteiger partial charge in [0.05, 0.1) is 6.10 Å². The number of rotatable bonds is 5. The fourth-order valence-electron chi connectivity index (χ4n) is 1.68. The van der Waals surface area contributed by atoms with E-state index >= 15 is 0 Å². The van der Waals surface area contributed by atoms with E-state index < -0.39 is 0 Å². The molecule has 2 aromatic heterocycles. The zero-order valence-electron chi connectivity index (χ0n) is 10.8. The maximum atomic E-state index is 6.00. The highest BCUT2D eigenvalue weighted by atomic mass is 35.5. The lowest BCUT2D eigenvalue weighted by Crippen LogP contribution is -2.08. The number of unbranched alkanes of at least 4 members (excludes halogenated alkanes) is 1. The first kappa shape index (κ1) is 13.1. The highest BCUT2D eigenvalue weighted by Gasteiger charge is 2.15. The van der Waals surface area contributed by atoms with E-state index in [1.165, 1.54) is 0 Å². The zero-order chi connectivity index (χ0) is 13.1. The van der Waals surface area contributed by atoms with Crippen molar-refractivity contribution < 1.29 is 4.74 Å². The van der Waals surface area contributed by atoms with Crippen LogP contribution in [0.15, 0.2) is 0 Å². The van der Waals surface area contributed by atoms with Crippen LogP contribution in [0.5, 0.6) is 5.88 Å². The summed E-state index contributed by atoms with van der Waals surface area (Å²) in [5.74, 6) is 1.36. The predicted octanol–water partition coefficient (Wildman–Crippen LogP) is 3.14. The molecule has 0 bridgehead atoms. The first-order chi connectivity index (χ1) is 8.61. The van der Waals surface area contributed by atoms with Crippen molar-refractivity contribution in [1.82, 2.24) is 20.2 Å². The molecule has 5 nitrogen and oxygen atoms in total. The number of aryl methyl sites for hydroxylation is 1. The van der Waals surface area contributed by atoms with Gasteiger partial charge >= 0.3 is 0 Å². The molecule has 0 saturated carbocycles. The lowest BCUT2D eigenvalue weighted by atomic mass is 10.2. The van der Waals surface area contributed by atoms with E-state index in [0.29, 0.717) is 16.5 Å². The molecule has 6 heteroatoms. The maximum absolute atomic E-state index is 6.00. The molecule has 0 radical (unpaired) electrons. The van der Waals surface area contributed by atoms with Crippen LogP contribution in [-0.4, -0.2) is 26.3 Å². The van der Waals surface area contributed by atoms with E-state index in [4.69, 9.17) is 16.3 Å². The number of aromatic amines is 1. The minimum atomic E-state index is 0.0334. The number of hydrogen-bond acceptors (Lipinski definition) is 4. The Morgan fingerprint density at radius 1 is 1.33 bits per heavy atom. The smallest absolute Gasteiger partial charge is 0.260 e. The van der Waals surface area contributed by atoms with Crippen LogP contribution in [0.4, 0.5) is 0 Å². The normalized spacial score (nSPS) is 11.4. The predicted molar refractivity (Wildman–Crippen MR) is 71.1 cm³/mol. The monoisotopic (exact) mass is 268 g/mol. The lowest BCUT2D eigenvalue weighted by molar-refractivity contribution is 0.233. The maximum Gasteiger partial charge on any atom is 0.260 e. The molecule has 0 atom stereocenters. The molecular formula is C12H17ClN4O. The Morgan fingerprint density at radius 3 is 2.78 bits per heavy atom. The van der Waals surface area contributed by atoms with Crippen molar-refractivity contribution in [1.29, 1.82) is 0 Å². The van der Waals surface area contributed by atoms with Crippen LogP contribution in [-0.2, 0) is 6.42 Å². The van der Waals surface area contributed by atoms with Gasteiger partial charge in [0, 0.05) is 6.42 Å². The number of aromatic nitrogens is 4. The Labute approximate surface area is 111 Å². The number of H-pyrrole nitrogens is 1. The Balaban J connectivity index is 2.41. The average Bonchev–Trinajstić information content (AvgIpc) is 2.75. The number of imidazole rings is 1. The van der Waals surface area contributed by atoms with Gasteiger partial charge in [0.2, 0.25) is 0 Å². The molecule has 0 unspecified atom stereocenters. The highest BCUT2D eigenvalue weighted by Crippen LogP contribution is 2.26. The van der Waals surface area contributed by atoms with Gasteiger partial charge in [0.15, 0.2) is 5.15 Å². The van der Waals surface area contributed by atoms with Crippen molar-refractivity contribution in [3.63, 3.8) is 0 Å². The third-order valence-electron chi connectivity index (χ3n) is 2.51. The van der Waals surface area contributed by atoms with E-state index in [1.807, 2.05) is 13.8 Å². The number of fused-ring (bicyclic) bond motifs is 1. The van der Waals surface area contributed by atoms with E-state index in [9.17, 15) is 0 Å². The summed E-state index contributed by atoms with van der Waals surface area (Å²) in [6.45, 7) is 6.03. The molecule has 1 N–H and O–H groups in total. The molecule has 2 heterocycles. The van der Waals surface area contributed by atoms with Crippen LogP contribution in [0.3, 0.4) is 0 Å². The molecule has 2 rings (SSSR count). The Morgan fingerprint density at radius 2 is 2.11 bits per heavy atom. The van der Waals surface area contributed by atoms with Gasteiger partial charge < -0.3 is 9.72 Å². The van der Waals surface area contributed by atoms with Gasteiger partial charge in [-0.15, -0.1) is 10.2 Å². The standard InChI is InChI=1S/C12H17ClN4O/c1-4-5-6-8-14-9-10(15-8)12(18-7(2)3)17-16-11(9)13/h7H,4-6H2,1-3H3,(H,14,15). The zero-order valence-corrected chi connectivity index (χ0v) is 11.6. The molecule has 0 aromatic carbocycles. The summed E-state index contributed by atoms with van der Waals surface area (Å²) in [6, 6.07) is 0. The van der Waals surface area contributed by atoms with E-state index in [0.717, 1.165) is 30.6 Å². The molecule has 0 fully saturated rings. The second-order valence-corrected chi connectivity index (χ2v) is 4.83. The summed E-state index contributed by atoms with van der Waals surface area (Å²) in [4.78, 5) is 7.67. The fourth-order valence-corrected chi connectivity index (χ4v) is 1.86. The summed E-state index contributed by atoms with van der Waals surface area (Å²) in [7, 11) is 0. The van der Waals surface area contributed by atoms with Gasteiger partial charge in [-0.3, -0.25) is 0 Å². The van der Waals surface area contributed by atoms with Crippen LogP contribution in [0, 0.1) is 0 Å². The third-order valence-corrected chi connectivity index (χ3v) is 2.76. The van der Waals surface area contributed by atoms with Gasteiger partial charge in [-0.05, 0) is 20.3 Å². The van der Waals surface area contributed by atoms with Crippen molar-refractivity contribution in [2.24, 2.45) is 0 Å². The average molecular weight is 269 g/mol. The summed E-state index contributed by atoms with van der Waals surface area (Å²) in [5.41, 5.74) is 1.36. The lowest BCUT2D eigenvalue weighted by Gasteiger charge is -2.08. The van der Waals surface area contributed by atoms with Crippen molar-refractivity contribution >= 4 is 22.6 Å². The Kier molecular flexibility index (Phi) is 4.01. The Hall–Kier alpha value is -1.36. The molecule has 2 aromatic rings. The number of nitrogens with zero attached hydrogens (tertiary/aromatic N) is 3. The third kappa shape index (κ3) is 2.72. The summed E-state index contributed by atoms with van der Waals surface area (Å²) in [6.07, 6.45) is 3.13. The second kappa shape index (κ2) is 5.52. The molecule has 98 valence electrons. The van der Waals surface area contributed by atoms with Crippen molar-refractivity contribution in [3.05, 3.63) is 11.0 Å². The van der Waals surface area contributed by atoms with E-state index in [1.54, 1.807) is 0 Å². The number of hydrogen-bond donors (Lipinski definition) is 1. The molecule has 0 aliphatic carbocycles. The number of halogens is 1. The van der Waals surface area contributed by atoms with Crippen molar-refractivity contribution in [2.45, 2.75) is 46.1 Å². The van der Waals surface area contributed by atoms with Gasteiger partial charge in [-0.25, -0.2) is 4.98 Å². The molecule has 18 heavy (non-hydrogen) atoms. The van der Waals surface area contributed by atoms with Gasteiger partial charge in [-0.2, -0.15) is 0 Å². The molecule has 0 aliphatic heterocycles. The molecular weight excluding hydrogens is 252 g/mol. The van der Waals surface area contributed by atoms with Gasteiger partial charge in [0.1, 0.15) is 16.9 Å². The topological polar surface area (TPSA) is 63.7 Å². The minimum absolute atomic E-state index is 0.0334. The van der Waals surface area contributed by atoms with Crippen molar-refractivity contribution in [3.8, 4) is 5.88 Å². The van der Waals surface area contributed by atoms with Gasteiger partial charge in [-0.1, -0.05) is 24.9 Å². The van der Waals surface area contributed by atoms with Crippen LogP contribution in [0.1, 0.15) is 39.4 Å². The summed E-state index contributed by atoms with van der Waals surface area (Å²) < 4.78 is 5.60. The molecule has 0 amide bonds. The summed E-state index contributed by atoms with van der Waals surface area (Å²) >= 11 is 6.00. The quantitative estimate of drug-likeness (QED) is 0.905. The van der Waals surface area contributed by atoms with Crippen LogP contribution in [0.25, 0.3) is 11.0 Å². The highest BCUT2D eigenvalue weighted by molar-refractivity contribution is 6.33. The Bertz CT molecular complexity index is 538. The van der Waals surface area contributed by atoms with Crippen LogP contribution < -0.4 is 4.74 Å². The summed E-state index contributed by atoms with van der Waals surface area (Å²) in [5, 5.41) is 8.13. The van der Waals surface area contributed by atoms with Crippen molar-refractivity contribution in [2.75, 3.05) is 0 Å². The number of nitrogens with one attached hydrogen (secondary N) is 1. The second-order valence-electron chi connectivity index (χ2n) is 4.47. The van der Waals surface area contributed by atoms with E-state index in [-0.39, 0.29) is 6.10 Å². The number of ether oxygens (including phenoxy) is 1. The molecule has 0 spiro atoms. The fraction of sp³-hybridized carbons (Fsp3) is 0.583. The minimum Gasteiger partial charge on any atom is -0.472 e. The van der Waals surface area contributed by atoms with E-state index in [2.05, 4.69) is 27.1 Å². The first-order valence-corrected chi connectivity index (χ1v) is 6.57. The van der Waals surface area contributed by atoms with Gasteiger partial charge in [0.25, 0.3) is 5.88 Å². The first-order valence-electron chi connectivity index (χ1n) is 6.19. The largest absolute Gasteiger partial charge is 0.472 e. The SMILES string of the molecule is CCCCc1nc2c(Cl)nnc(OC(C)C)c2[nH]1. The van der Waals surface area contributed by atoms with Crippen LogP contribution in [0.2, 0.25) is 5.15 Å². The van der Waals surface area contributed by atoms with Crippen LogP contribution >= 0.6 is 11.6 Å². The molecule has 0 aliphatic rings.